The fraction of sp³-hybridized carbons (Fsp3) is 0.316. The number of aryl methyl sites for hydroxylation is 1. The zero-order chi connectivity index (χ0) is 21.3. The molecular formula is C19H18F4N4OS. The Kier molecular flexibility index (Phi) is 5.74. The molecule has 3 rings (SSSR count). The van der Waals surface area contributed by atoms with E-state index < -0.39 is 29.4 Å². The first-order chi connectivity index (χ1) is 13.6. The van der Waals surface area contributed by atoms with Crippen molar-refractivity contribution in [3.8, 4) is 0 Å². The van der Waals surface area contributed by atoms with E-state index in [1.54, 1.807) is 39.0 Å². The van der Waals surface area contributed by atoms with Crippen LogP contribution in [0.5, 0.6) is 0 Å². The van der Waals surface area contributed by atoms with Gasteiger partial charge in [-0.25, -0.2) is 9.37 Å². The van der Waals surface area contributed by atoms with Crippen LogP contribution in [-0.2, 0) is 12.6 Å². The van der Waals surface area contributed by atoms with Crippen LogP contribution in [0.15, 0.2) is 30.5 Å². The summed E-state index contributed by atoms with van der Waals surface area (Å²) in [5.41, 5.74) is -0.642. The summed E-state index contributed by atoms with van der Waals surface area (Å²) in [6, 6.07) is 5.71. The molecule has 29 heavy (non-hydrogen) atoms. The number of carbonyl (C=O) groups excluding carboxylic acids is 1. The SMILES string of the molecule is Cc1nc(NC(=O)c2cnn(C(C)C)c2C(F)(F)F)sc1Cc1ccccc1F. The highest BCUT2D eigenvalue weighted by Gasteiger charge is 2.40. The number of halogens is 4. The van der Waals surface area contributed by atoms with Crippen molar-refractivity contribution < 1.29 is 22.4 Å². The lowest BCUT2D eigenvalue weighted by Crippen LogP contribution is -2.22. The molecule has 1 amide bonds. The van der Waals surface area contributed by atoms with Crippen LogP contribution in [0.25, 0.3) is 0 Å². The third-order valence-electron chi connectivity index (χ3n) is 4.22. The molecule has 0 radical (unpaired) electrons. The monoisotopic (exact) mass is 426 g/mol. The Bertz CT molecular complexity index is 1040. The van der Waals surface area contributed by atoms with Crippen LogP contribution in [0, 0.1) is 12.7 Å². The summed E-state index contributed by atoms with van der Waals surface area (Å²) in [6.45, 7) is 4.78. The first-order valence-electron chi connectivity index (χ1n) is 8.73. The highest BCUT2D eigenvalue weighted by molar-refractivity contribution is 7.15. The largest absolute Gasteiger partial charge is 0.433 e. The second-order valence-corrected chi connectivity index (χ2v) is 7.78. The molecule has 0 aliphatic heterocycles. The van der Waals surface area contributed by atoms with Crippen molar-refractivity contribution in [1.29, 1.82) is 0 Å². The maximum absolute atomic E-state index is 13.9. The van der Waals surface area contributed by atoms with Gasteiger partial charge in [-0.2, -0.15) is 18.3 Å². The number of nitrogens with one attached hydrogen (secondary N) is 1. The molecule has 0 aliphatic carbocycles. The van der Waals surface area contributed by atoms with E-state index >= 15 is 0 Å². The quantitative estimate of drug-likeness (QED) is 0.569. The average molecular weight is 426 g/mol. The Morgan fingerprint density at radius 1 is 1.28 bits per heavy atom. The zero-order valence-corrected chi connectivity index (χ0v) is 16.7. The van der Waals surface area contributed by atoms with Gasteiger partial charge in [-0.15, -0.1) is 11.3 Å². The van der Waals surface area contributed by atoms with Gasteiger partial charge in [-0.05, 0) is 32.4 Å². The lowest BCUT2D eigenvalue weighted by Gasteiger charge is -2.14. The number of hydrogen-bond donors (Lipinski definition) is 1. The minimum Gasteiger partial charge on any atom is -0.298 e. The van der Waals surface area contributed by atoms with Crippen LogP contribution >= 0.6 is 11.3 Å². The van der Waals surface area contributed by atoms with E-state index in [0.717, 1.165) is 22.2 Å². The molecule has 1 N–H and O–H groups in total. The van der Waals surface area contributed by atoms with Gasteiger partial charge in [0.1, 0.15) is 5.82 Å². The topological polar surface area (TPSA) is 59.8 Å². The molecule has 0 aliphatic rings. The van der Waals surface area contributed by atoms with Crippen molar-refractivity contribution >= 4 is 22.4 Å². The number of benzene rings is 1. The minimum absolute atomic E-state index is 0.143. The molecule has 0 saturated heterocycles. The molecule has 2 heterocycles. The number of alkyl halides is 3. The maximum atomic E-state index is 13.9. The number of rotatable bonds is 5. The highest BCUT2D eigenvalue weighted by atomic mass is 32.1. The fourth-order valence-electron chi connectivity index (χ4n) is 2.83. The molecule has 154 valence electrons. The second kappa shape index (κ2) is 7.94. The molecule has 0 bridgehead atoms. The van der Waals surface area contributed by atoms with Gasteiger partial charge in [0, 0.05) is 17.3 Å². The molecule has 0 unspecified atom stereocenters. The summed E-state index contributed by atoms with van der Waals surface area (Å²) < 4.78 is 55.0. The predicted molar refractivity (Wildman–Crippen MR) is 102 cm³/mol. The lowest BCUT2D eigenvalue weighted by molar-refractivity contribution is -0.145. The molecule has 10 heteroatoms. The molecule has 0 saturated carbocycles. The number of nitrogens with zero attached hydrogens (tertiary/aromatic N) is 3. The lowest BCUT2D eigenvalue weighted by atomic mass is 10.1. The molecular weight excluding hydrogens is 408 g/mol. The van der Waals surface area contributed by atoms with E-state index in [-0.39, 0.29) is 17.4 Å². The van der Waals surface area contributed by atoms with E-state index in [1.807, 2.05) is 0 Å². The number of hydrogen-bond acceptors (Lipinski definition) is 4. The van der Waals surface area contributed by atoms with Crippen molar-refractivity contribution in [2.45, 2.75) is 39.4 Å². The number of amides is 1. The van der Waals surface area contributed by atoms with Gasteiger partial charge in [0.05, 0.1) is 17.5 Å². The number of aromatic nitrogens is 3. The van der Waals surface area contributed by atoms with Crippen LogP contribution in [0.2, 0.25) is 0 Å². The van der Waals surface area contributed by atoms with Gasteiger partial charge in [0.2, 0.25) is 0 Å². The minimum atomic E-state index is -4.73. The van der Waals surface area contributed by atoms with Gasteiger partial charge >= 0.3 is 6.18 Å². The van der Waals surface area contributed by atoms with E-state index in [1.165, 1.54) is 6.07 Å². The zero-order valence-electron chi connectivity index (χ0n) is 15.8. The third kappa shape index (κ3) is 4.47. The van der Waals surface area contributed by atoms with Gasteiger partial charge < -0.3 is 0 Å². The molecule has 2 aromatic heterocycles. The van der Waals surface area contributed by atoms with Crippen LogP contribution in [0.4, 0.5) is 22.7 Å². The molecule has 5 nitrogen and oxygen atoms in total. The fourth-order valence-corrected chi connectivity index (χ4v) is 3.81. The number of thiazole rings is 1. The summed E-state index contributed by atoms with van der Waals surface area (Å²) >= 11 is 1.09. The first-order valence-corrected chi connectivity index (χ1v) is 9.55. The Balaban J connectivity index is 1.85. The van der Waals surface area contributed by atoms with E-state index in [9.17, 15) is 22.4 Å². The Morgan fingerprint density at radius 3 is 2.59 bits per heavy atom. The molecule has 0 fully saturated rings. The first kappa shape index (κ1) is 21.0. The van der Waals surface area contributed by atoms with Crippen molar-refractivity contribution in [3.05, 3.63) is 63.7 Å². The maximum Gasteiger partial charge on any atom is 0.433 e. The molecule has 0 spiro atoms. The van der Waals surface area contributed by atoms with Crippen LogP contribution in [-0.4, -0.2) is 20.7 Å². The van der Waals surface area contributed by atoms with Gasteiger partial charge in [0.25, 0.3) is 5.91 Å². The summed E-state index contributed by atoms with van der Waals surface area (Å²) in [7, 11) is 0. The summed E-state index contributed by atoms with van der Waals surface area (Å²) in [6.07, 6.45) is -3.56. The molecule has 0 atom stereocenters. The van der Waals surface area contributed by atoms with Crippen LogP contribution in [0.3, 0.4) is 0 Å². The Labute approximate surface area is 168 Å². The van der Waals surface area contributed by atoms with Crippen LogP contribution < -0.4 is 5.32 Å². The standard InChI is InChI=1S/C19H18F4N4OS/c1-10(2)27-16(19(21,22)23)13(9-24-27)17(28)26-18-25-11(3)15(29-18)8-12-6-4-5-7-14(12)20/h4-7,9-10H,8H2,1-3H3,(H,25,26,28). The van der Waals surface area contributed by atoms with E-state index in [4.69, 9.17) is 0 Å². The number of anilines is 1. The van der Waals surface area contributed by atoms with Crippen molar-refractivity contribution in [3.63, 3.8) is 0 Å². The van der Waals surface area contributed by atoms with E-state index in [2.05, 4.69) is 15.4 Å². The van der Waals surface area contributed by atoms with Gasteiger partial charge in [-0.3, -0.25) is 14.8 Å². The second-order valence-electron chi connectivity index (χ2n) is 6.69. The third-order valence-corrected chi connectivity index (χ3v) is 5.29. The van der Waals surface area contributed by atoms with Crippen LogP contribution in [0.1, 0.15) is 52.1 Å². The van der Waals surface area contributed by atoms with Crippen molar-refractivity contribution in [2.24, 2.45) is 0 Å². The molecule has 1 aromatic carbocycles. The van der Waals surface area contributed by atoms with Gasteiger partial charge in [-0.1, -0.05) is 18.2 Å². The normalized spacial score (nSPS) is 11.9. The Hall–Kier alpha value is -2.75. The predicted octanol–water partition coefficient (Wildman–Crippen LogP) is 5.23. The van der Waals surface area contributed by atoms with Crippen molar-refractivity contribution in [2.75, 3.05) is 5.32 Å². The highest BCUT2D eigenvalue weighted by Crippen LogP contribution is 2.34. The average Bonchev–Trinajstić information content (AvgIpc) is 3.21. The number of carbonyl (C=O) groups is 1. The molecule has 3 aromatic rings. The summed E-state index contributed by atoms with van der Waals surface area (Å²) in [5, 5.41) is 6.26. The smallest absolute Gasteiger partial charge is 0.298 e. The van der Waals surface area contributed by atoms with Gasteiger partial charge in [0.15, 0.2) is 10.8 Å². The summed E-state index contributed by atoms with van der Waals surface area (Å²) in [4.78, 5) is 17.4. The summed E-state index contributed by atoms with van der Waals surface area (Å²) in [5.74, 6) is -1.31. The van der Waals surface area contributed by atoms with E-state index in [0.29, 0.717) is 16.1 Å². The van der Waals surface area contributed by atoms with Crippen molar-refractivity contribution in [1.82, 2.24) is 14.8 Å². The Morgan fingerprint density at radius 2 is 1.97 bits per heavy atom.